The molecule has 0 saturated carbocycles. The fourth-order valence-corrected chi connectivity index (χ4v) is 5.39. The molecule has 0 heterocycles. The Kier molecular flexibility index (Phi) is 33.6. The Bertz CT molecular complexity index is 559. The first-order valence-corrected chi connectivity index (χ1v) is 18.6. The van der Waals surface area contributed by atoms with Gasteiger partial charge in [-0.25, -0.2) is 0 Å². The van der Waals surface area contributed by atoms with E-state index in [4.69, 9.17) is 18.9 Å². The van der Waals surface area contributed by atoms with Crippen LogP contribution in [-0.4, -0.2) is 64.3 Å². The Labute approximate surface area is 268 Å². The molecule has 0 rings (SSSR count). The van der Waals surface area contributed by atoms with Gasteiger partial charge in [-0.1, -0.05) is 135 Å². The molecule has 0 saturated heterocycles. The fourth-order valence-electron chi connectivity index (χ4n) is 5.39. The maximum atomic E-state index is 11.8. The van der Waals surface area contributed by atoms with Crippen LogP contribution in [0.2, 0.25) is 0 Å². The molecule has 0 spiro atoms. The van der Waals surface area contributed by atoms with E-state index in [1.54, 1.807) is 7.11 Å². The van der Waals surface area contributed by atoms with Crippen molar-refractivity contribution in [2.75, 3.05) is 40.1 Å². The summed E-state index contributed by atoms with van der Waals surface area (Å²) in [6, 6.07) is -0.214. The van der Waals surface area contributed by atoms with Crippen molar-refractivity contribution in [2.24, 2.45) is 0 Å². The number of ether oxygens (including phenoxy) is 4. The van der Waals surface area contributed by atoms with Crippen LogP contribution < -0.4 is 5.32 Å². The minimum Gasteiger partial charge on any atom is -0.462 e. The Morgan fingerprint density at radius 1 is 0.581 bits per heavy atom. The normalized spacial score (nSPS) is 13.1. The van der Waals surface area contributed by atoms with E-state index in [1.807, 2.05) is 20.8 Å². The van der Waals surface area contributed by atoms with Crippen LogP contribution in [0, 0.1) is 0 Å². The van der Waals surface area contributed by atoms with Crippen molar-refractivity contribution in [3.8, 4) is 0 Å². The molecule has 0 aromatic rings. The maximum absolute atomic E-state index is 11.8. The van der Waals surface area contributed by atoms with Gasteiger partial charge in [0.05, 0.1) is 19.3 Å². The molecular formula is C37H75NO5. The molecular weight excluding hydrogens is 538 g/mol. The number of carbonyl (C=O) groups is 1. The fraction of sp³-hybridized carbons (Fsp3) is 0.973. The zero-order valence-corrected chi connectivity index (χ0v) is 29.6. The Balaban J connectivity index is 3.42. The third kappa shape index (κ3) is 32.5. The average Bonchev–Trinajstić information content (AvgIpc) is 2.98. The molecule has 0 amide bonds. The largest absolute Gasteiger partial charge is 0.462 e. The van der Waals surface area contributed by atoms with Crippen LogP contribution in [0.15, 0.2) is 0 Å². The van der Waals surface area contributed by atoms with Gasteiger partial charge in [0.25, 0.3) is 0 Å². The molecule has 1 N–H and O–H groups in total. The standard InChI is InChI=1S/C37H75NO5/c1-6-7-8-9-10-11-12-16-19-22-25-28-31-42-36(32-40-5)33-41-30-27-24-21-18-15-13-14-17-20-23-26-29-38-35(4)37(39)43-34(2)3/h34-36,38H,6-33H2,1-5H3/t35-,36?/m0/s1. The lowest BCUT2D eigenvalue weighted by atomic mass is 10.1. The van der Waals surface area contributed by atoms with Gasteiger partial charge in [-0.2, -0.15) is 0 Å². The Morgan fingerprint density at radius 3 is 1.49 bits per heavy atom. The van der Waals surface area contributed by atoms with Crippen LogP contribution in [0.5, 0.6) is 0 Å². The smallest absolute Gasteiger partial charge is 0.323 e. The lowest BCUT2D eigenvalue weighted by molar-refractivity contribution is -0.149. The van der Waals surface area contributed by atoms with E-state index in [-0.39, 0.29) is 24.2 Å². The van der Waals surface area contributed by atoms with E-state index in [9.17, 15) is 4.79 Å². The first-order valence-electron chi connectivity index (χ1n) is 18.6. The number of esters is 1. The van der Waals surface area contributed by atoms with E-state index in [0.29, 0.717) is 13.2 Å². The molecule has 258 valence electrons. The van der Waals surface area contributed by atoms with Crippen molar-refractivity contribution in [3.05, 3.63) is 0 Å². The molecule has 0 fully saturated rings. The van der Waals surface area contributed by atoms with E-state index in [0.717, 1.165) is 39.0 Å². The third-order valence-corrected chi connectivity index (χ3v) is 8.13. The predicted molar refractivity (Wildman–Crippen MR) is 183 cm³/mol. The van der Waals surface area contributed by atoms with Crippen molar-refractivity contribution in [1.29, 1.82) is 0 Å². The first kappa shape index (κ1) is 42.3. The van der Waals surface area contributed by atoms with Gasteiger partial charge in [-0.3, -0.25) is 4.79 Å². The van der Waals surface area contributed by atoms with Crippen molar-refractivity contribution in [3.63, 3.8) is 0 Å². The molecule has 0 aromatic carbocycles. The number of hydrogen-bond acceptors (Lipinski definition) is 6. The molecule has 2 atom stereocenters. The summed E-state index contributed by atoms with van der Waals surface area (Å²) < 4.78 is 22.5. The van der Waals surface area contributed by atoms with Crippen molar-refractivity contribution >= 4 is 5.97 Å². The topological polar surface area (TPSA) is 66.0 Å². The molecule has 0 bridgehead atoms. The SMILES string of the molecule is CCCCCCCCCCCCCCOC(COC)COCCCCCCCCCCCCCN[C@@H](C)C(=O)OC(C)C. The number of nitrogens with one attached hydrogen (secondary N) is 1. The van der Waals surface area contributed by atoms with E-state index in [2.05, 4.69) is 12.2 Å². The Morgan fingerprint density at radius 2 is 1.02 bits per heavy atom. The molecule has 6 heteroatoms. The van der Waals surface area contributed by atoms with Gasteiger partial charge >= 0.3 is 5.97 Å². The van der Waals surface area contributed by atoms with Crippen LogP contribution in [0.3, 0.4) is 0 Å². The quantitative estimate of drug-likeness (QED) is 0.0567. The summed E-state index contributed by atoms with van der Waals surface area (Å²) in [5, 5.41) is 3.27. The first-order chi connectivity index (χ1) is 21.0. The molecule has 0 aliphatic carbocycles. The molecule has 6 nitrogen and oxygen atoms in total. The molecule has 0 aliphatic rings. The zero-order valence-electron chi connectivity index (χ0n) is 29.6. The van der Waals surface area contributed by atoms with Crippen molar-refractivity contribution < 1.29 is 23.7 Å². The lowest BCUT2D eigenvalue weighted by Gasteiger charge is -2.17. The van der Waals surface area contributed by atoms with E-state index < -0.39 is 0 Å². The second-order valence-electron chi connectivity index (χ2n) is 13.0. The van der Waals surface area contributed by atoms with Crippen LogP contribution in [0.1, 0.15) is 175 Å². The third-order valence-electron chi connectivity index (χ3n) is 8.13. The minimum absolute atomic E-state index is 0.0471. The van der Waals surface area contributed by atoms with Crippen molar-refractivity contribution in [1.82, 2.24) is 5.32 Å². The summed E-state index contributed by atoms with van der Waals surface area (Å²) in [6.07, 6.45) is 30.5. The summed E-state index contributed by atoms with van der Waals surface area (Å²) in [5.41, 5.74) is 0. The van der Waals surface area contributed by atoms with Crippen LogP contribution in [-0.2, 0) is 23.7 Å². The average molecular weight is 614 g/mol. The van der Waals surface area contributed by atoms with Gasteiger partial charge in [-0.05, 0) is 46.6 Å². The minimum atomic E-state index is -0.214. The van der Waals surface area contributed by atoms with Gasteiger partial charge < -0.3 is 24.3 Å². The predicted octanol–water partition coefficient (Wildman–Crippen LogP) is 9.96. The summed E-state index contributed by atoms with van der Waals surface area (Å²) in [6.45, 7) is 11.7. The molecule has 0 radical (unpaired) electrons. The summed E-state index contributed by atoms with van der Waals surface area (Å²) >= 11 is 0. The highest BCUT2D eigenvalue weighted by atomic mass is 16.6. The van der Waals surface area contributed by atoms with Gasteiger partial charge in [0, 0.05) is 20.3 Å². The lowest BCUT2D eigenvalue weighted by Crippen LogP contribution is -2.37. The maximum Gasteiger partial charge on any atom is 0.323 e. The van der Waals surface area contributed by atoms with Gasteiger partial charge in [0.2, 0.25) is 0 Å². The number of unbranched alkanes of at least 4 members (excludes halogenated alkanes) is 21. The number of methoxy groups -OCH3 is 1. The highest BCUT2D eigenvalue weighted by molar-refractivity contribution is 5.75. The van der Waals surface area contributed by atoms with Crippen molar-refractivity contribution in [2.45, 2.75) is 194 Å². The highest BCUT2D eigenvalue weighted by Gasteiger charge is 2.14. The second-order valence-corrected chi connectivity index (χ2v) is 13.0. The summed E-state index contributed by atoms with van der Waals surface area (Å²) in [5.74, 6) is -0.150. The van der Waals surface area contributed by atoms with Gasteiger partial charge in [-0.15, -0.1) is 0 Å². The highest BCUT2D eigenvalue weighted by Crippen LogP contribution is 2.13. The van der Waals surface area contributed by atoms with Crippen LogP contribution in [0.4, 0.5) is 0 Å². The number of hydrogen-bond donors (Lipinski definition) is 1. The summed E-state index contributed by atoms with van der Waals surface area (Å²) in [4.78, 5) is 11.8. The zero-order chi connectivity index (χ0) is 31.6. The van der Waals surface area contributed by atoms with Gasteiger partial charge in [0.1, 0.15) is 12.1 Å². The Hall–Kier alpha value is -0.690. The van der Waals surface area contributed by atoms with Gasteiger partial charge in [0.15, 0.2) is 0 Å². The monoisotopic (exact) mass is 614 g/mol. The van der Waals surface area contributed by atoms with E-state index in [1.165, 1.54) is 128 Å². The molecule has 0 aromatic heterocycles. The molecule has 43 heavy (non-hydrogen) atoms. The number of carbonyl (C=O) groups excluding carboxylic acids is 1. The van der Waals surface area contributed by atoms with Crippen LogP contribution >= 0.6 is 0 Å². The second kappa shape index (κ2) is 34.2. The molecule has 0 aliphatic heterocycles. The van der Waals surface area contributed by atoms with Crippen LogP contribution in [0.25, 0.3) is 0 Å². The molecule has 1 unspecified atom stereocenters. The summed E-state index contributed by atoms with van der Waals surface area (Å²) in [7, 11) is 1.75. The van der Waals surface area contributed by atoms with E-state index >= 15 is 0 Å². The number of rotatable bonds is 35.